The van der Waals surface area contributed by atoms with Crippen LogP contribution in [-0.2, 0) is 4.79 Å². The summed E-state index contributed by atoms with van der Waals surface area (Å²) in [7, 11) is 3.90. The second-order valence-corrected chi connectivity index (χ2v) is 6.44. The second kappa shape index (κ2) is 9.30. The van der Waals surface area contributed by atoms with Crippen molar-refractivity contribution < 1.29 is 9.59 Å². The number of ketones is 1. The summed E-state index contributed by atoms with van der Waals surface area (Å²) in [5, 5.41) is 3.56. The molecule has 6 heteroatoms. The van der Waals surface area contributed by atoms with Gasteiger partial charge in [0.1, 0.15) is 0 Å². The molecule has 5 nitrogen and oxygen atoms in total. The molecule has 1 atom stereocenters. The number of nitrogens with zero attached hydrogens (tertiary/aromatic N) is 2. The molecule has 1 unspecified atom stereocenters. The van der Waals surface area contributed by atoms with Gasteiger partial charge in [0.05, 0.1) is 6.04 Å². The van der Waals surface area contributed by atoms with Gasteiger partial charge in [0.25, 0.3) is 0 Å². The summed E-state index contributed by atoms with van der Waals surface area (Å²) in [6.45, 7) is 0.452. The van der Waals surface area contributed by atoms with Crippen molar-refractivity contribution in [3.05, 3.63) is 64.9 Å². The first-order chi connectivity index (χ1) is 12.0. The van der Waals surface area contributed by atoms with Crippen LogP contribution in [0.3, 0.4) is 0 Å². The van der Waals surface area contributed by atoms with Crippen LogP contribution in [0.5, 0.6) is 0 Å². The maximum atomic E-state index is 12.1. The lowest BCUT2D eigenvalue weighted by Crippen LogP contribution is -2.34. The van der Waals surface area contributed by atoms with Gasteiger partial charge >= 0.3 is 0 Å². The lowest BCUT2D eigenvalue weighted by Gasteiger charge is -2.25. The molecule has 1 N–H and O–H groups in total. The highest BCUT2D eigenvalue weighted by atomic mass is 35.5. The molecule has 0 aliphatic heterocycles. The van der Waals surface area contributed by atoms with E-state index in [1.165, 1.54) is 6.20 Å². The number of aromatic nitrogens is 1. The average molecular weight is 360 g/mol. The molecule has 25 heavy (non-hydrogen) atoms. The average Bonchev–Trinajstić information content (AvgIpc) is 2.60. The number of rotatable bonds is 8. The van der Waals surface area contributed by atoms with Crippen molar-refractivity contribution in [2.75, 3.05) is 20.6 Å². The zero-order valence-corrected chi connectivity index (χ0v) is 15.2. The van der Waals surface area contributed by atoms with Crippen molar-refractivity contribution in [1.82, 2.24) is 15.2 Å². The Hall–Kier alpha value is -2.24. The van der Waals surface area contributed by atoms with Crippen molar-refractivity contribution in [1.29, 1.82) is 0 Å². The first kappa shape index (κ1) is 19.1. The highest BCUT2D eigenvalue weighted by Gasteiger charge is 2.16. The molecule has 0 bridgehead atoms. The van der Waals surface area contributed by atoms with E-state index in [2.05, 4.69) is 10.3 Å². The van der Waals surface area contributed by atoms with Gasteiger partial charge in [-0.2, -0.15) is 0 Å². The zero-order chi connectivity index (χ0) is 18.2. The number of nitrogens with one attached hydrogen (secondary N) is 1. The molecule has 1 heterocycles. The van der Waals surface area contributed by atoms with Crippen LogP contribution in [0.1, 0.15) is 34.8 Å². The van der Waals surface area contributed by atoms with Crippen molar-refractivity contribution in [3.8, 4) is 0 Å². The predicted octanol–water partition coefficient (Wildman–Crippen LogP) is 3.12. The van der Waals surface area contributed by atoms with Gasteiger partial charge in [-0.1, -0.05) is 23.7 Å². The summed E-state index contributed by atoms with van der Waals surface area (Å²) in [6, 6.07) is 11.0. The predicted molar refractivity (Wildman–Crippen MR) is 98.7 cm³/mol. The number of hydrogen-bond donors (Lipinski definition) is 1. The van der Waals surface area contributed by atoms with Crippen molar-refractivity contribution in [3.63, 3.8) is 0 Å². The van der Waals surface area contributed by atoms with Gasteiger partial charge in [-0.15, -0.1) is 0 Å². The Kier molecular flexibility index (Phi) is 7.10. The minimum Gasteiger partial charge on any atom is -0.354 e. The number of hydrogen-bond acceptors (Lipinski definition) is 4. The van der Waals surface area contributed by atoms with Gasteiger partial charge in [0.15, 0.2) is 5.78 Å². The van der Waals surface area contributed by atoms with E-state index in [1.54, 1.807) is 18.3 Å². The topological polar surface area (TPSA) is 62.3 Å². The quantitative estimate of drug-likeness (QED) is 0.735. The molecular formula is C19H22ClN3O2. The number of benzene rings is 1. The fourth-order valence-corrected chi connectivity index (χ4v) is 2.71. The smallest absolute Gasteiger partial charge is 0.220 e. The Morgan fingerprint density at radius 3 is 2.64 bits per heavy atom. The maximum Gasteiger partial charge on any atom is 0.220 e. The molecule has 1 aromatic carbocycles. The van der Waals surface area contributed by atoms with Gasteiger partial charge < -0.3 is 10.2 Å². The highest BCUT2D eigenvalue weighted by Crippen LogP contribution is 2.21. The van der Waals surface area contributed by atoms with E-state index >= 15 is 0 Å². The van der Waals surface area contributed by atoms with Crippen LogP contribution >= 0.6 is 11.6 Å². The molecule has 0 saturated heterocycles. The summed E-state index contributed by atoms with van der Waals surface area (Å²) >= 11 is 6.05. The van der Waals surface area contributed by atoms with Crippen molar-refractivity contribution in [2.24, 2.45) is 0 Å². The van der Waals surface area contributed by atoms with E-state index in [9.17, 15) is 9.59 Å². The molecule has 0 aliphatic rings. The maximum absolute atomic E-state index is 12.1. The van der Waals surface area contributed by atoms with Crippen molar-refractivity contribution >= 4 is 23.3 Å². The molecule has 0 fully saturated rings. The third-order valence-corrected chi connectivity index (χ3v) is 4.15. The number of amides is 1. The van der Waals surface area contributed by atoms with Gasteiger partial charge in [0, 0.05) is 42.4 Å². The number of likely N-dealkylation sites (N-methyl/N-ethyl adjacent to an activating group) is 1. The molecule has 2 rings (SSSR count). The Labute approximate surface area is 153 Å². The fourth-order valence-electron chi connectivity index (χ4n) is 2.51. The summed E-state index contributed by atoms with van der Waals surface area (Å²) < 4.78 is 0. The van der Waals surface area contributed by atoms with E-state index in [0.717, 1.165) is 5.56 Å². The standard InChI is InChI=1S/C19H22ClN3O2/c1-23(2)17(14-5-3-7-16(20)11-14)13-22-19(25)9-8-18(24)15-6-4-10-21-12-15/h3-7,10-12,17H,8-9,13H2,1-2H3,(H,22,25). The second-order valence-electron chi connectivity index (χ2n) is 6.00. The molecule has 0 saturated carbocycles. The lowest BCUT2D eigenvalue weighted by atomic mass is 10.1. The molecule has 2 aromatic rings. The Morgan fingerprint density at radius 2 is 2.00 bits per heavy atom. The first-order valence-corrected chi connectivity index (χ1v) is 8.47. The van der Waals surface area contributed by atoms with Crippen LogP contribution in [0.2, 0.25) is 5.02 Å². The molecule has 1 amide bonds. The van der Waals surface area contributed by atoms with Crippen LogP contribution < -0.4 is 5.32 Å². The molecule has 0 radical (unpaired) electrons. The van der Waals surface area contributed by atoms with Gasteiger partial charge in [-0.3, -0.25) is 14.6 Å². The van der Waals surface area contributed by atoms with E-state index in [-0.39, 0.29) is 30.6 Å². The third kappa shape index (κ3) is 5.96. The Bertz CT molecular complexity index is 720. The summed E-state index contributed by atoms with van der Waals surface area (Å²) in [6.07, 6.45) is 3.45. The van der Waals surface area contributed by atoms with Crippen LogP contribution in [0.25, 0.3) is 0 Å². The molecular weight excluding hydrogens is 338 g/mol. The lowest BCUT2D eigenvalue weighted by molar-refractivity contribution is -0.121. The summed E-state index contributed by atoms with van der Waals surface area (Å²) in [4.78, 5) is 30.0. The van der Waals surface area contributed by atoms with E-state index in [1.807, 2.05) is 43.3 Å². The monoisotopic (exact) mass is 359 g/mol. The number of carbonyl (C=O) groups excluding carboxylic acids is 2. The van der Waals surface area contributed by atoms with E-state index < -0.39 is 0 Å². The summed E-state index contributed by atoms with van der Waals surface area (Å²) in [5.74, 6) is -0.228. The normalized spacial score (nSPS) is 12.0. The van der Waals surface area contributed by atoms with Crippen molar-refractivity contribution in [2.45, 2.75) is 18.9 Å². The minimum absolute atomic E-state index is 0.0108. The van der Waals surface area contributed by atoms with Crippen LogP contribution in [0, 0.1) is 0 Å². The van der Waals surface area contributed by atoms with Gasteiger partial charge in [-0.05, 0) is 43.9 Å². The van der Waals surface area contributed by atoms with E-state index in [4.69, 9.17) is 11.6 Å². The first-order valence-electron chi connectivity index (χ1n) is 8.09. The third-order valence-electron chi connectivity index (χ3n) is 3.91. The summed E-state index contributed by atoms with van der Waals surface area (Å²) in [5.41, 5.74) is 1.56. The van der Waals surface area contributed by atoms with Crippen LogP contribution in [0.4, 0.5) is 0 Å². The number of halogens is 1. The van der Waals surface area contributed by atoms with Crippen LogP contribution in [-0.4, -0.2) is 42.2 Å². The Morgan fingerprint density at radius 1 is 1.20 bits per heavy atom. The molecule has 0 spiro atoms. The molecule has 0 aliphatic carbocycles. The highest BCUT2D eigenvalue weighted by molar-refractivity contribution is 6.30. The molecule has 1 aromatic heterocycles. The van der Waals surface area contributed by atoms with Crippen LogP contribution in [0.15, 0.2) is 48.8 Å². The number of Topliss-reactive ketones (excluding diaryl/α,β-unsaturated/α-hetero) is 1. The Balaban J connectivity index is 1.86. The zero-order valence-electron chi connectivity index (χ0n) is 14.4. The van der Waals surface area contributed by atoms with Gasteiger partial charge in [-0.25, -0.2) is 0 Å². The largest absolute Gasteiger partial charge is 0.354 e. The van der Waals surface area contributed by atoms with E-state index in [0.29, 0.717) is 17.1 Å². The minimum atomic E-state index is -0.147. The number of carbonyl (C=O) groups is 2. The van der Waals surface area contributed by atoms with Gasteiger partial charge in [0.2, 0.25) is 5.91 Å². The number of pyridine rings is 1. The SMILES string of the molecule is CN(C)C(CNC(=O)CCC(=O)c1cccnc1)c1cccc(Cl)c1. The molecule has 132 valence electrons. The fraction of sp³-hybridized carbons (Fsp3) is 0.316.